The molecular formula is C9H19NO4. The van der Waals surface area contributed by atoms with Crippen molar-refractivity contribution in [2.45, 2.75) is 39.5 Å². The van der Waals surface area contributed by atoms with Crippen LogP contribution in [-0.4, -0.2) is 28.8 Å². The van der Waals surface area contributed by atoms with Crippen LogP contribution in [0.5, 0.6) is 0 Å². The minimum absolute atomic E-state index is 0.593. The molecule has 0 aliphatic heterocycles. The van der Waals surface area contributed by atoms with Crippen LogP contribution in [0.25, 0.3) is 0 Å². The van der Waals surface area contributed by atoms with E-state index in [9.17, 15) is 4.79 Å². The molecule has 0 fully saturated rings. The van der Waals surface area contributed by atoms with Crippen molar-refractivity contribution in [1.29, 1.82) is 0 Å². The quantitative estimate of drug-likeness (QED) is 0.598. The molecule has 0 spiro atoms. The molecule has 14 heavy (non-hydrogen) atoms. The normalized spacial score (nSPS) is 8.43. The molecular weight excluding hydrogens is 186 g/mol. The van der Waals surface area contributed by atoms with Crippen LogP contribution >= 0.6 is 0 Å². The Balaban J connectivity index is 0. The van der Waals surface area contributed by atoms with Gasteiger partial charge in [-0.3, -0.25) is 4.79 Å². The van der Waals surface area contributed by atoms with Crippen molar-refractivity contribution in [3.8, 4) is 0 Å². The lowest BCUT2D eigenvalue weighted by Crippen LogP contribution is -2.21. The van der Waals surface area contributed by atoms with Crippen molar-refractivity contribution < 1.29 is 19.8 Å². The number of unbranched alkanes of at least 4 members (excludes halogenated alkanes) is 3. The second kappa shape index (κ2) is 11.7. The van der Waals surface area contributed by atoms with E-state index < -0.39 is 12.1 Å². The van der Waals surface area contributed by atoms with Gasteiger partial charge in [-0.1, -0.05) is 26.2 Å². The van der Waals surface area contributed by atoms with Gasteiger partial charge < -0.3 is 15.5 Å². The third-order valence-electron chi connectivity index (χ3n) is 1.31. The molecule has 3 N–H and O–H groups in total. The van der Waals surface area contributed by atoms with Crippen molar-refractivity contribution in [3.05, 3.63) is 0 Å². The molecule has 0 saturated heterocycles. The van der Waals surface area contributed by atoms with Gasteiger partial charge in [0, 0.05) is 13.5 Å². The summed E-state index contributed by atoms with van der Waals surface area (Å²) in [5.74, 6) is -0.833. The van der Waals surface area contributed by atoms with E-state index in [2.05, 4.69) is 12.2 Å². The molecule has 0 radical (unpaired) electrons. The van der Waals surface area contributed by atoms with Gasteiger partial charge in [-0.25, -0.2) is 4.79 Å². The molecule has 0 aromatic carbocycles. The topological polar surface area (TPSA) is 86.6 Å². The number of rotatable bonds is 5. The first kappa shape index (κ1) is 15.2. The Bertz CT molecular complexity index is 155. The second-order valence-electron chi connectivity index (χ2n) is 2.81. The predicted molar refractivity (Wildman–Crippen MR) is 53.5 cm³/mol. The van der Waals surface area contributed by atoms with E-state index in [1.807, 2.05) is 0 Å². The average molecular weight is 205 g/mol. The number of aliphatic carboxylic acids is 1. The first-order chi connectivity index (χ1) is 6.50. The number of carbonyl (C=O) groups is 2. The van der Waals surface area contributed by atoms with Gasteiger partial charge in [0.05, 0.1) is 0 Å². The van der Waals surface area contributed by atoms with Crippen LogP contribution in [0.2, 0.25) is 0 Å². The summed E-state index contributed by atoms with van der Waals surface area (Å²) < 4.78 is 0. The van der Waals surface area contributed by atoms with Gasteiger partial charge in [0.1, 0.15) is 0 Å². The maximum Gasteiger partial charge on any atom is 0.404 e. The van der Waals surface area contributed by atoms with Gasteiger partial charge >= 0.3 is 6.09 Å². The number of carboxylic acids is 1. The maximum atomic E-state index is 9.92. The monoisotopic (exact) mass is 205 g/mol. The number of amides is 1. The Morgan fingerprint density at radius 2 is 1.64 bits per heavy atom. The molecule has 0 aliphatic carbocycles. The van der Waals surface area contributed by atoms with Crippen molar-refractivity contribution in [2.24, 2.45) is 0 Å². The van der Waals surface area contributed by atoms with E-state index in [0.29, 0.717) is 6.54 Å². The Hall–Kier alpha value is -1.26. The molecule has 0 aliphatic rings. The zero-order chi connectivity index (χ0) is 11.4. The highest BCUT2D eigenvalue weighted by Crippen LogP contribution is 1.96. The summed E-state index contributed by atoms with van der Waals surface area (Å²) in [5.41, 5.74) is 0. The molecule has 0 aromatic rings. The van der Waals surface area contributed by atoms with Crippen LogP contribution in [0.4, 0.5) is 4.79 Å². The molecule has 5 nitrogen and oxygen atoms in total. The van der Waals surface area contributed by atoms with Gasteiger partial charge in [0.25, 0.3) is 5.97 Å². The Labute approximate surface area is 84.1 Å². The van der Waals surface area contributed by atoms with E-state index in [-0.39, 0.29) is 0 Å². The van der Waals surface area contributed by atoms with Crippen LogP contribution in [0.15, 0.2) is 0 Å². The van der Waals surface area contributed by atoms with Crippen LogP contribution in [0.3, 0.4) is 0 Å². The highest BCUT2D eigenvalue weighted by Gasteiger charge is 1.91. The minimum atomic E-state index is -0.920. The molecule has 1 amide bonds. The number of hydrogen-bond acceptors (Lipinski definition) is 2. The van der Waals surface area contributed by atoms with E-state index in [1.165, 1.54) is 12.8 Å². The summed E-state index contributed by atoms with van der Waals surface area (Å²) >= 11 is 0. The van der Waals surface area contributed by atoms with E-state index in [1.54, 1.807) is 0 Å². The van der Waals surface area contributed by atoms with Gasteiger partial charge in [0.15, 0.2) is 0 Å². The van der Waals surface area contributed by atoms with Crippen LogP contribution in [-0.2, 0) is 4.79 Å². The minimum Gasteiger partial charge on any atom is -0.481 e. The molecule has 0 atom stereocenters. The SMILES string of the molecule is CC(=O)O.CCCCCCNC(=O)O. The Morgan fingerprint density at radius 3 is 2.00 bits per heavy atom. The first-order valence-electron chi connectivity index (χ1n) is 4.67. The van der Waals surface area contributed by atoms with Crippen molar-refractivity contribution in [1.82, 2.24) is 5.32 Å². The largest absolute Gasteiger partial charge is 0.481 e. The molecule has 84 valence electrons. The molecule has 0 saturated carbocycles. The van der Waals surface area contributed by atoms with Gasteiger partial charge in [-0.2, -0.15) is 0 Å². The smallest absolute Gasteiger partial charge is 0.404 e. The molecule has 0 rings (SSSR count). The fraction of sp³-hybridized carbons (Fsp3) is 0.778. The maximum absolute atomic E-state index is 9.92. The number of carboxylic acid groups (broad SMARTS) is 2. The van der Waals surface area contributed by atoms with Crippen LogP contribution < -0.4 is 5.32 Å². The summed E-state index contributed by atoms with van der Waals surface area (Å²) in [6.07, 6.45) is 3.54. The number of hydrogen-bond donors (Lipinski definition) is 3. The van der Waals surface area contributed by atoms with E-state index in [0.717, 1.165) is 19.8 Å². The molecule has 0 bridgehead atoms. The molecule has 5 heteroatoms. The molecule has 0 unspecified atom stereocenters. The lowest BCUT2D eigenvalue weighted by molar-refractivity contribution is -0.134. The zero-order valence-electron chi connectivity index (χ0n) is 8.75. The Morgan fingerprint density at radius 1 is 1.14 bits per heavy atom. The predicted octanol–water partition coefficient (Wildman–Crippen LogP) is 1.93. The second-order valence-corrected chi connectivity index (χ2v) is 2.81. The third kappa shape index (κ3) is 30.9. The summed E-state index contributed by atoms with van der Waals surface area (Å²) in [6, 6.07) is 0. The van der Waals surface area contributed by atoms with Gasteiger partial charge in [-0.05, 0) is 6.42 Å². The van der Waals surface area contributed by atoms with Crippen LogP contribution in [0.1, 0.15) is 39.5 Å². The summed E-state index contributed by atoms with van der Waals surface area (Å²) in [5, 5.41) is 17.9. The summed E-state index contributed by atoms with van der Waals surface area (Å²) in [6.45, 7) is 3.81. The highest BCUT2D eigenvalue weighted by molar-refractivity contribution is 5.64. The molecule has 0 aromatic heterocycles. The van der Waals surface area contributed by atoms with Crippen molar-refractivity contribution in [2.75, 3.05) is 6.54 Å². The molecule has 0 heterocycles. The third-order valence-corrected chi connectivity index (χ3v) is 1.31. The lowest BCUT2D eigenvalue weighted by Gasteiger charge is -1.98. The van der Waals surface area contributed by atoms with Gasteiger partial charge in [-0.15, -0.1) is 0 Å². The fourth-order valence-electron chi connectivity index (χ4n) is 0.747. The zero-order valence-corrected chi connectivity index (χ0v) is 8.75. The number of nitrogens with one attached hydrogen (secondary N) is 1. The average Bonchev–Trinajstić information content (AvgIpc) is 2.02. The highest BCUT2D eigenvalue weighted by atomic mass is 16.4. The fourth-order valence-corrected chi connectivity index (χ4v) is 0.747. The lowest BCUT2D eigenvalue weighted by atomic mass is 10.2. The van der Waals surface area contributed by atoms with Crippen molar-refractivity contribution >= 4 is 12.1 Å². The Kier molecular flexibility index (Phi) is 12.8. The summed E-state index contributed by atoms with van der Waals surface area (Å²) in [4.78, 5) is 18.9. The van der Waals surface area contributed by atoms with E-state index in [4.69, 9.17) is 15.0 Å². The van der Waals surface area contributed by atoms with E-state index >= 15 is 0 Å². The van der Waals surface area contributed by atoms with Crippen LogP contribution in [0, 0.1) is 0 Å². The van der Waals surface area contributed by atoms with Crippen molar-refractivity contribution in [3.63, 3.8) is 0 Å². The first-order valence-corrected chi connectivity index (χ1v) is 4.67. The van der Waals surface area contributed by atoms with Gasteiger partial charge in [0.2, 0.25) is 0 Å². The standard InChI is InChI=1S/C7H15NO2.C2H4O2/c1-2-3-4-5-6-8-7(9)10;1-2(3)4/h8H,2-6H2,1H3,(H,9,10);1H3,(H,3,4). The summed E-state index contributed by atoms with van der Waals surface area (Å²) in [7, 11) is 0.